The second-order valence-corrected chi connectivity index (χ2v) is 3.95. The summed E-state index contributed by atoms with van der Waals surface area (Å²) in [6.45, 7) is 1.87. The predicted octanol–water partition coefficient (Wildman–Crippen LogP) is 2.84. The fraction of sp³-hybridized carbons (Fsp3) is 0.154. The number of carbonyl (C=O) groups is 1. The zero-order chi connectivity index (χ0) is 12.6. The van der Waals surface area contributed by atoms with Gasteiger partial charge in [0.2, 0.25) is 0 Å². The Bertz CT molecular complexity index is 587. The molecule has 0 aliphatic rings. The molecule has 0 fully saturated rings. The van der Waals surface area contributed by atoms with E-state index in [-0.39, 0.29) is 11.5 Å². The van der Waals surface area contributed by atoms with Gasteiger partial charge in [-0.3, -0.25) is 0 Å². The van der Waals surface area contributed by atoms with E-state index in [9.17, 15) is 9.18 Å². The maximum Gasteiger partial charge on any atom is 0.352 e. The highest BCUT2D eigenvalue weighted by molar-refractivity contribution is 5.87. The van der Waals surface area contributed by atoms with Crippen LogP contribution in [0.1, 0.15) is 16.1 Å². The summed E-state index contributed by atoms with van der Waals surface area (Å²) >= 11 is 0. The largest absolute Gasteiger partial charge is 0.477 e. The first-order valence-corrected chi connectivity index (χ1v) is 5.16. The number of rotatable bonds is 2. The molecule has 0 saturated heterocycles. The lowest BCUT2D eigenvalue weighted by Crippen LogP contribution is -2.05. The molecule has 0 saturated carbocycles. The molecular weight excluding hydrogens is 221 g/mol. The van der Waals surface area contributed by atoms with E-state index in [0.717, 1.165) is 5.56 Å². The molecule has 0 aliphatic heterocycles. The topological polar surface area (TPSA) is 42.2 Å². The van der Waals surface area contributed by atoms with Crippen LogP contribution < -0.4 is 0 Å². The minimum Gasteiger partial charge on any atom is -0.477 e. The van der Waals surface area contributed by atoms with Crippen LogP contribution in [0.3, 0.4) is 0 Å². The summed E-state index contributed by atoms with van der Waals surface area (Å²) in [5.41, 5.74) is 2.05. The fourth-order valence-electron chi connectivity index (χ4n) is 1.83. The Kier molecular flexibility index (Phi) is 2.71. The van der Waals surface area contributed by atoms with Gasteiger partial charge in [-0.05, 0) is 31.2 Å². The van der Waals surface area contributed by atoms with Gasteiger partial charge in [0, 0.05) is 12.6 Å². The molecule has 1 aromatic carbocycles. The van der Waals surface area contributed by atoms with E-state index in [0.29, 0.717) is 11.3 Å². The Morgan fingerprint density at radius 1 is 1.29 bits per heavy atom. The molecule has 17 heavy (non-hydrogen) atoms. The van der Waals surface area contributed by atoms with E-state index >= 15 is 0 Å². The third kappa shape index (κ3) is 1.93. The van der Waals surface area contributed by atoms with Gasteiger partial charge in [-0.25, -0.2) is 9.18 Å². The Morgan fingerprint density at radius 2 is 2.00 bits per heavy atom. The Morgan fingerprint density at radius 3 is 2.59 bits per heavy atom. The SMILES string of the molecule is Cc1ccc(F)c(-c2ccc(C(=O)O)n2C)c1. The van der Waals surface area contributed by atoms with Crippen LogP contribution in [0.15, 0.2) is 30.3 Å². The first-order chi connectivity index (χ1) is 8.00. The molecule has 1 heterocycles. The maximum absolute atomic E-state index is 13.7. The minimum absolute atomic E-state index is 0.140. The maximum atomic E-state index is 13.7. The summed E-state index contributed by atoms with van der Waals surface area (Å²) in [7, 11) is 1.61. The van der Waals surface area contributed by atoms with Gasteiger partial charge in [-0.15, -0.1) is 0 Å². The third-order valence-electron chi connectivity index (χ3n) is 2.74. The van der Waals surface area contributed by atoms with Gasteiger partial charge in [0.15, 0.2) is 0 Å². The predicted molar refractivity (Wildman–Crippen MR) is 62.5 cm³/mol. The monoisotopic (exact) mass is 233 g/mol. The van der Waals surface area contributed by atoms with Crippen molar-refractivity contribution in [2.24, 2.45) is 7.05 Å². The highest BCUT2D eigenvalue weighted by Crippen LogP contribution is 2.25. The van der Waals surface area contributed by atoms with Gasteiger partial charge in [0.25, 0.3) is 0 Å². The van der Waals surface area contributed by atoms with Gasteiger partial charge >= 0.3 is 5.97 Å². The summed E-state index contributed by atoms with van der Waals surface area (Å²) < 4.78 is 15.2. The molecule has 0 spiro atoms. The van der Waals surface area contributed by atoms with E-state index in [1.54, 1.807) is 25.2 Å². The van der Waals surface area contributed by atoms with Crippen molar-refractivity contribution < 1.29 is 14.3 Å². The smallest absolute Gasteiger partial charge is 0.352 e. The number of carboxylic acids is 1. The van der Waals surface area contributed by atoms with Crippen LogP contribution in [0.4, 0.5) is 4.39 Å². The molecule has 0 atom stereocenters. The number of hydrogen-bond donors (Lipinski definition) is 1. The minimum atomic E-state index is -1.02. The van der Waals surface area contributed by atoms with Gasteiger partial charge in [-0.2, -0.15) is 0 Å². The number of aromatic carboxylic acids is 1. The summed E-state index contributed by atoms with van der Waals surface area (Å²) in [6, 6.07) is 7.86. The Balaban J connectivity index is 2.61. The number of halogens is 1. The van der Waals surface area contributed by atoms with Crippen LogP contribution in [0.2, 0.25) is 0 Å². The molecule has 0 bridgehead atoms. The average Bonchev–Trinajstić information content (AvgIpc) is 2.64. The lowest BCUT2D eigenvalue weighted by molar-refractivity contribution is 0.0686. The molecular formula is C13H12FNO2. The van der Waals surface area contributed by atoms with Crippen molar-refractivity contribution in [1.29, 1.82) is 0 Å². The van der Waals surface area contributed by atoms with Crippen LogP contribution in [-0.2, 0) is 7.05 Å². The molecule has 0 radical (unpaired) electrons. The van der Waals surface area contributed by atoms with Crippen LogP contribution in [0.5, 0.6) is 0 Å². The van der Waals surface area contributed by atoms with Crippen molar-refractivity contribution in [2.75, 3.05) is 0 Å². The lowest BCUT2D eigenvalue weighted by atomic mass is 10.1. The van der Waals surface area contributed by atoms with Crippen molar-refractivity contribution in [3.63, 3.8) is 0 Å². The summed E-state index contributed by atoms with van der Waals surface area (Å²) in [6.07, 6.45) is 0. The number of nitrogens with zero attached hydrogens (tertiary/aromatic N) is 1. The summed E-state index contributed by atoms with van der Waals surface area (Å²) in [4.78, 5) is 10.9. The number of hydrogen-bond acceptors (Lipinski definition) is 1. The van der Waals surface area contributed by atoms with E-state index in [4.69, 9.17) is 5.11 Å². The first-order valence-electron chi connectivity index (χ1n) is 5.16. The van der Waals surface area contributed by atoms with Gasteiger partial charge < -0.3 is 9.67 Å². The normalized spacial score (nSPS) is 10.5. The van der Waals surface area contributed by atoms with E-state index in [1.807, 2.05) is 6.92 Å². The number of carboxylic acid groups (broad SMARTS) is 1. The van der Waals surface area contributed by atoms with Crippen molar-refractivity contribution in [1.82, 2.24) is 4.57 Å². The zero-order valence-electron chi connectivity index (χ0n) is 9.57. The highest BCUT2D eigenvalue weighted by Gasteiger charge is 2.14. The summed E-state index contributed by atoms with van der Waals surface area (Å²) in [5.74, 6) is -1.37. The second kappa shape index (κ2) is 4.05. The number of aromatic nitrogens is 1. The van der Waals surface area contributed by atoms with Gasteiger partial charge in [-0.1, -0.05) is 11.6 Å². The number of aryl methyl sites for hydroxylation is 1. The second-order valence-electron chi connectivity index (χ2n) is 3.95. The van der Waals surface area contributed by atoms with Crippen molar-refractivity contribution in [3.05, 3.63) is 47.4 Å². The molecule has 1 aromatic heterocycles. The fourth-order valence-corrected chi connectivity index (χ4v) is 1.83. The van der Waals surface area contributed by atoms with Crippen molar-refractivity contribution in [2.45, 2.75) is 6.92 Å². The van der Waals surface area contributed by atoms with Crippen LogP contribution >= 0.6 is 0 Å². The molecule has 1 N–H and O–H groups in total. The highest BCUT2D eigenvalue weighted by atomic mass is 19.1. The lowest BCUT2D eigenvalue weighted by Gasteiger charge is -2.07. The van der Waals surface area contributed by atoms with E-state index < -0.39 is 5.97 Å². The standard InChI is InChI=1S/C13H12FNO2/c1-8-3-4-10(14)9(7-8)11-5-6-12(13(16)17)15(11)2/h3-7H,1-2H3,(H,16,17). The zero-order valence-corrected chi connectivity index (χ0v) is 9.57. The molecule has 0 amide bonds. The van der Waals surface area contributed by atoms with Crippen LogP contribution in [0, 0.1) is 12.7 Å². The summed E-state index contributed by atoms with van der Waals surface area (Å²) in [5, 5.41) is 8.94. The molecule has 2 aromatic rings. The molecule has 2 rings (SSSR count). The van der Waals surface area contributed by atoms with E-state index in [1.165, 1.54) is 16.7 Å². The quantitative estimate of drug-likeness (QED) is 0.866. The average molecular weight is 233 g/mol. The third-order valence-corrected chi connectivity index (χ3v) is 2.74. The van der Waals surface area contributed by atoms with Crippen LogP contribution in [0.25, 0.3) is 11.3 Å². The molecule has 3 nitrogen and oxygen atoms in total. The molecule has 4 heteroatoms. The Hall–Kier alpha value is -2.10. The Labute approximate surface area is 98.1 Å². The van der Waals surface area contributed by atoms with Crippen LogP contribution in [-0.4, -0.2) is 15.6 Å². The molecule has 88 valence electrons. The first kappa shape index (κ1) is 11.4. The van der Waals surface area contributed by atoms with Gasteiger partial charge in [0.1, 0.15) is 11.5 Å². The van der Waals surface area contributed by atoms with Crippen molar-refractivity contribution in [3.8, 4) is 11.3 Å². The molecule has 0 aliphatic carbocycles. The number of benzene rings is 1. The molecule has 0 unspecified atom stereocenters. The van der Waals surface area contributed by atoms with E-state index in [2.05, 4.69) is 0 Å². The van der Waals surface area contributed by atoms with Crippen molar-refractivity contribution >= 4 is 5.97 Å². The van der Waals surface area contributed by atoms with Gasteiger partial charge in [0.05, 0.1) is 5.69 Å².